The lowest BCUT2D eigenvalue weighted by molar-refractivity contribution is -0.222. The lowest BCUT2D eigenvalue weighted by Crippen LogP contribution is -2.69. The lowest BCUT2D eigenvalue weighted by Gasteiger charge is -2.62. The van der Waals surface area contributed by atoms with Crippen LogP contribution in [0.4, 0.5) is 4.39 Å². The number of aliphatic hydroxyl groups is 1. The van der Waals surface area contributed by atoms with Crippen LogP contribution in [0, 0.1) is 22.7 Å². The second kappa shape index (κ2) is 9.92. The fourth-order valence-electron chi connectivity index (χ4n) is 8.33. The van der Waals surface area contributed by atoms with Crippen LogP contribution in [-0.4, -0.2) is 50.4 Å². The first-order valence-corrected chi connectivity index (χ1v) is 14.7. The van der Waals surface area contributed by atoms with Gasteiger partial charge in [0.1, 0.15) is 17.2 Å². The highest BCUT2D eigenvalue weighted by molar-refractivity contribution is 6.32. The van der Waals surface area contributed by atoms with Crippen molar-refractivity contribution in [3.8, 4) is 17.2 Å². The van der Waals surface area contributed by atoms with Gasteiger partial charge in [0.15, 0.2) is 11.5 Å². The van der Waals surface area contributed by atoms with Gasteiger partial charge in [0.2, 0.25) is 5.60 Å². The van der Waals surface area contributed by atoms with E-state index in [2.05, 4.69) is 0 Å². The molecule has 0 saturated heterocycles. The summed E-state index contributed by atoms with van der Waals surface area (Å²) in [6.45, 7) is 3.38. The smallest absolute Gasteiger partial charge is 0.348 e. The zero-order valence-corrected chi connectivity index (χ0v) is 24.4. The van der Waals surface area contributed by atoms with Gasteiger partial charge in [-0.15, -0.1) is 0 Å². The van der Waals surface area contributed by atoms with Crippen LogP contribution in [0.3, 0.4) is 0 Å². The summed E-state index contributed by atoms with van der Waals surface area (Å²) in [5, 5.41) is 32.0. The number of hydrogen-bond donors (Lipinski definition) is 3. The second-order valence-corrected chi connectivity index (χ2v) is 13.0. The monoisotopic (exact) mass is 610 g/mol. The summed E-state index contributed by atoms with van der Waals surface area (Å²) in [7, 11) is 0. The number of allylic oxidation sites excluding steroid dienone is 4. The van der Waals surface area contributed by atoms with Gasteiger partial charge in [-0.1, -0.05) is 30.2 Å². The lowest BCUT2D eigenvalue weighted by atomic mass is 9.45. The number of phenols is 1. The van der Waals surface area contributed by atoms with E-state index in [4.69, 9.17) is 21.1 Å². The van der Waals surface area contributed by atoms with Crippen molar-refractivity contribution < 1.29 is 43.6 Å². The predicted molar refractivity (Wildman–Crippen MR) is 154 cm³/mol. The van der Waals surface area contributed by atoms with Crippen LogP contribution < -0.4 is 4.74 Å². The van der Waals surface area contributed by atoms with Crippen molar-refractivity contribution in [2.45, 2.75) is 63.3 Å². The van der Waals surface area contributed by atoms with Crippen LogP contribution in [0.25, 0.3) is 0 Å². The van der Waals surface area contributed by atoms with Crippen LogP contribution >= 0.6 is 11.6 Å². The summed E-state index contributed by atoms with van der Waals surface area (Å²) in [4.78, 5) is 38.5. The molecule has 0 radical (unpaired) electrons. The van der Waals surface area contributed by atoms with E-state index in [-0.39, 0.29) is 35.0 Å². The number of halogens is 2. The Labute approximate surface area is 252 Å². The molecule has 2 aromatic carbocycles. The maximum atomic E-state index is 17.3. The summed E-state index contributed by atoms with van der Waals surface area (Å²) >= 11 is 5.83. The largest absolute Gasteiger partial charge is 0.506 e. The molecule has 0 bridgehead atoms. The number of aromatic hydroxyl groups is 1. The van der Waals surface area contributed by atoms with E-state index in [0.717, 1.165) is 0 Å². The van der Waals surface area contributed by atoms with Gasteiger partial charge in [-0.25, -0.2) is 14.0 Å². The number of carboxylic acids is 1. The van der Waals surface area contributed by atoms with Crippen LogP contribution in [0.1, 0.15) is 56.3 Å². The van der Waals surface area contributed by atoms with Crippen molar-refractivity contribution in [2.75, 3.05) is 0 Å². The minimum atomic E-state index is -2.12. The fourth-order valence-corrected chi connectivity index (χ4v) is 8.45. The van der Waals surface area contributed by atoms with Gasteiger partial charge >= 0.3 is 11.9 Å². The third-order valence-electron chi connectivity index (χ3n) is 10.6. The Balaban J connectivity index is 1.27. The van der Waals surface area contributed by atoms with Crippen LogP contribution in [-0.2, 0) is 14.3 Å². The van der Waals surface area contributed by atoms with Gasteiger partial charge in [0.25, 0.3) is 0 Å². The van der Waals surface area contributed by atoms with Gasteiger partial charge < -0.3 is 24.8 Å². The number of carbonyl (C=O) groups excluding carboxylic acids is 2. The summed E-state index contributed by atoms with van der Waals surface area (Å²) in [5.74, 6) is -3.08. The highest BCUT2D eigenvalue weighted by atomic mass is 35.5. The number of phenolic OH excluding ortho intramolecular Hbond substituents is 1. The number of ether oxygens (including phenoxy) is 2. The number of alkyl halides is 1. The van der Waals surface area contributed by atoms with E-state index < -0.39 is 52.0 Å². The van der Waals surface area contributed by atoms with Crippen molar-refractivity contribution in [3.63, 3.8) is 0 Å². The molecule has 3 fully saturated rings. The SMILES string of the molecule is C[C@]12C=CC(=O)C=C1CC[C@H]1[C@@H]3CC[C@@](OC(=O)c4ccc(Oc5ccc(Cl)c(O)c5)cc4)(C(=O)O)[C@@]3(C)C[C@H](O)C12F. The number of rotatable bonds is 5. The molecular formula is C33H32ClFO8. The van der Waals surface area contributed by atoms with Crippen LogP contribution in [0.15, 0.2) is 66.3 Å². The molecule has 2 aromatic rings. The average molecular weight is 611 g/mol. The Bertz CT molecular complexity index is 1590. The van der Waals surface area contributed by atoms with Crippen molar-refractivity contribution >= 4 is 29.3 Å². The highest BCUT2D eigenvalue weighted by Crippen LogP contribution is 2.70. The van der Waals surface area contributed by atoms with E-state index in [1.165, 1.54) is 48.6 Å². The molecule has 10 heteroatoms. The Morgan fingerprint density at radius 2 is 1.74 bits per heavy atom. The topological polar surface area (TPSA) is 130 Å². The molecule has 4 aliphatic rings. The molecule has 0 aromatic heterocycles. The minimum Gasteiger partial charge on any atom is -0.506 e. The first kappa shape index (κ1) is 29.4. The molecule has 8 nitrogen and oxygen atoms in total. The van der Waals surface area contributed by atoms with Crippen molar-refractivity contribution in [1.82, 2.24) is 0 Å². The van der Waals surface area contributed by atoms with Crippen LogP contribution in [0.5, 0.6) is 17.2 Å². The summed E-state index contributed by atoms with van der Waals surface area (Å²) in [6, 6.07) is 10.3. The average Bonchev–Trinajstić information content (AvgIpc) is 3.24. The molecule has 226 valence electrons. The molecule has 7 atom stereocenters. The molecular weight excluding hydrogens is 579 g/mol. The van der Waals surface area contributed by atoms with Gasteiger partial charge in [0, 0.05) is 22.8 Å². The van der Waals surface area contributed by atoms with Crippen LogP contribution in [0.2, 0.25) is 5.02 Å². The zero-order chi connectivity index (χ0) is 30.9. The Morgan fingerprint density at radius 3 is 2.42 bits per heavy atom. The van der Waals surface area contributed by atoms with E-state index in [0.29, 0.717) is 36.3 Å². The maximum Gasteiger partial charge on any atom is 0.348 e. The number of benzene rings is 2. The van der Waals surface area contributed by atoms with Crippen molar-refractivity contribution in [2.24, 2.45) is 22.7 Å². The number of carbonyl (C=O) groups is 3. The summed E-state index contributed by atoms with van der Waals surface area (Å²) in [6.07, 6.45) is 3.62. The summed E-state index contributed by atoms with van der Waals surface area (Å²) in [5.41, 5.74) is -5.83. The van der Waals surface area contributed by atoms with Gasteiger partial charge in [-0.05, 0) is 93.5 Å². The fraction of sp³-hybridized carbons (Fsp3) is 0.424. The molecule has 3 N–H and O–H groups in total. The van der Waals surface area contributed by atoms with E-state index in [1.54, 1.807) is 26.0 Å². The molecule has 0 amide bonds. The molecule has 3 saturated carbocycles. The summed E-state index contributed by atoms with van der Waals surface area (Å²) < 4.78 is 28.9. The number of aliphatic hydroxyl groups excluding tert-OH is 1. The van der Waals surface area contributed by atoms with Crippen molar-refractivity contribution in [1.29, 1.82) is 0 Å². The third-order valence-corrected chi connectivity index (χ3v) is 10.9. The second-order valence-electron chi connectivity index (χ2n) is 12.6. The van der Waals surface area contributed by atoms with Gasteiger partial charge in [-0.2, -0.15) is 0 Å². The normalized spacial score (nSPS) is 36.2. The Hall–Kier alpha value is -3.69. The first-order chi connectivity index (χ1) is 20.2. The molecule has 0 aliphatic heterocycles. The number of ketones is 1. The zero-order valence-electron chi connectivity index (χ0n) is 23.7. The van der Waals surface area contributed by atoms with Crippen molar-refractivity contribution in [3.05, 3.63) is 76.9 Å². The molecule has 4 aliphatic carbocycles. The highest BCUT2D eigenvalue weighted by Gasteiger charge is 2.76. The van der Waals surface area contributed by atoms with Gasteiger partial charge in [-0.3, -0.25) is 4.79 Å². The molecule has 0 spiro atoms. The number of hydrogen-bond acceptors (Lipinski definition) is 7. The maximum absolute atomic E-state index is 17.3. The molecule has 1 unspecified atom stereocenters. The number of fused-ring (bicyclic) bond motifs is 5. The molecule has 0 heterocycles. The molecule has 6 rings (SSSR count). The Kier molecular flexibility index (Phi) is 6.78. The van der Waals surface area contributed by atoms with E-state index >= 15 is 4.39 Å². The Morgan fingerprint density at radius 1 is 1.05 bits per heavy atom. The quantitative estimate of drug-likeness (QED) is 0.342. The minimum absolute atomic E-state index is 0.0243. The number of carboxylic acid groups (broad SMARTS) is 1. The first-order valence-electron chi connectivity index (χ1n) is 14.3. The number of esters is 1. The van der Waals surface area contributed by atoms with Gasteiger partial charge in [0.05, 0.1) is 16.7 Å². The standard InChI is InChI=1S/C33H32ClFO8/c1-30-13-11-20(36)15-19(30)5-9-24-23-12-14-32(29(40)41,31(23,2)17-27(38)33(24,30)35)43-28(39)18-3-6-21(7-4-18)42-22-8-10-25(34)26(37)16-22/h3-4,6-8,10-11,13,15-16,23-24,27,37-38H,5,9,12,14,17H2,1-2H3,(H,40,41)/t23-,24-,27-,30-,31-,32+,33?/m0/s1. The van der Waals surface area contributed by atoms with E-state index in [9.17, 15) is 29.7 Å². The number of aliphatic carboxylic acids is 1. The molecule has 43 heavy (non-hydrogen) atoms. The van der Waals surface area contributed by atoms with E-state index in [1.807, 2.05) is 0 Å². The third kappa shape index (κ3) is 4.15. The predicted octanol–water partition coefficient (Wildman–Crippen LogP) is 6.19.